The van der Waals surface area contributed by atoms with Gasteiger partial charge in [-0.3, -0.25) is 0 Å². The first kappa shape index (κ1) is 21.9. The van der Waals surface area contributed by atoms with E-state index in [4.69, 9.17) is 9.47 Å². The molecule has 0 saturated carbocycles. The van der Waals surface area contributed by atoms with Crippen molar-refractivity contribution >= 4 is 5.97 Å². The van der Waals surface area contributed by atoms with E-state index in [-0.39, 0.29) is 40.5 Å². The average Bonchev–Trinajstić information content (AvgIpc) is 2.75. The zero-order valence-electron chi connectivity index (χ0n) is 17.7. The number of aryl methyl sites for hydroxylation is 2. The highest BCUT2D eigenvalue weighted by Crippen LogP contribution is 2.45. The Morgan fingerprint density at radius 2 is 1.45 bits per heavy atom. The molecule has 0 radical (unpaired) electrons. The van der Waals surface area contributed by atoms with E-state index in [1.54, 1.807) is 13.8 Å². The molecular formula is C24H22O9. The van der Waals surface area contributed by atoms with Crippen molar-refractivity contribution in [3.63, 3.8) is 0 Å². The van der Waals surface area contributed by atoms with E-state index < -0.39 is 35.4 Å². The van der Waals surface area contributed by atoms with Gasteiger partial charge in [0.1, 0.15) is 29.1 Å². The van der Waals surface area contributed by atoms with Crippen LogP contribution in [-0.2, 0) is 11.2 Å². The van der Waals surface area contributed by atoms with Crippen LogP contribution >= 0.6 is 0 Å². The van der Waals surface area contributed by atoms with E-state index in [2.05, 4.69) is 0 Å². The normalized spacial score (nSPS) is 17.2. The molecule has 3 aromatic rings. The summed E-state index contributed by atoms with van der Waals surface area (Å²) in [5.41, 5.74) is 1.66. The second-order valence-corrected chi connectivity index (χ2v) is 7.99. The Balaban J connectivity index is 1.75. The van der Waals surface area contributed by atoms with Gasteiger partial charge in [0.2, 0.25) is 0 Å². The molecule has 0 amide bonds. The monoisotopic (exact) mass is 454 g/mol. The summed E-state index contributed by atoms with van der Waals surface area (Å²) in [6.45, 7) is 3.29. The average molecular weight is 454 g/mol. The van der Waals surface area contributed by atoms with Gasteiger partial charge in [-0.15, -0.1) is 0 Å². The Labute approximate surface area is 188 Å². The number of aromatic hydroxyl groups is 6. The SMILES string of the molecule is Cc1cc(C(=O)OC2Cc3c(O)cc(O)cc3OC2c2cc(O)c(O)c(O)c2)cc(C)c1O. The summed E-state index contributed by atoms with van der Waals surface area (Å²) >= 11 is 0. The molecule has 2 unspecified atom stereocenters. The standard InChI is InChI=1S/C24H22O9/c1-10-3-13(4-11(2)21(10)29)24(31)33-20-9-15-16(26)7-14(25)8-19(15)32-23(20)12-5-17(27)22(30)18(28)6-12/h3-8,20,23,25-30H,9H2,1-2H3. The summed E-state index contributed by atoms with van der Waals surface area (Å²) in [7, 11) is 0. The molecule has 6 N–H and O–H groups in total. The minimum absolute atomic E-state index is 0.00367. The molecule has 0 aliphatic carbocycles. The van der Waals surface area contributed by atoms with Crippen molar-refractivity contribution in [3.8, 4) is 40.2 Å². The first-order valence-electron chi connectivity index (χ1n) is 10.0. The van der Waals surface area contributed by atoms with Gasteiger partial charge in [-0.2, -0.15) is 0 Å². The molecule has 4 rings (SSSR count). The van der Waals surface area contributed by atoms with Gasteiger partial charge >= 0.3 is 5.97 Å². The van der Waals surface area contributed by atoms with E-state index in [0.29, 0.717) is 16.7 Å². The van der Waals surface area contributed by atoms with Gasteiger partial charge in [0, 0.05) is 29.7 Å². The summed E-state index contributed by atoms with van der Waals surface area (Å²) in [4.78, 5) is 12.9. The van der Waals surface area contributed by atoms with E-state index >= 15 is 0 Å². The molecule has 1 aliphatic rings. The fraction of sp³-hybridized carbons (Fsp3) is 0.208. The van der Waals surface area contributed by atoms with Crippen LogP contribution in [-0.4, -0.2) is 42.7 Å². The second kappa shape index (κ2) is 8.01. The van der Waals surface area contributed by atoms with Gasteiger partial charge in [-0.25, -0.2) is 4.79 Å². The molecule has 0 spiro atoms. The topological polar surface area (TPSA) is 157 Å². The number of phenols is 6. The number of benzene rings is 3. The first-order valence-corrected chi connectivity index (χ1v) is 10.0. The number of rotatable bonds is 3. The van der Waals surface area contributed by atoms with Gasteiger partial charge in [-0.1, -0.05) is 0 Å². The predicted octanol–water partition coefficient (Wildman–Crippen LogP) is 3.44. The lowest BCUT2D eigenvalue weighted by Gasteiger charge is -2.34. The van der Waals surface area contributed by atoms with E-state index in [1.165, 1.54) is 18.2 Å². The number of ether oxygens (including phenoxy) is 2. The fourth-order valence-corrected chi connectivity index (χ4v) is 3.90. The molecule has 0 saturated heterocycles. The quantitative estimate of drug-likeness (QED) is 0.258. The lowest BCUT2D eigenvalue weighted by Crippen LogP contribution is -2.34. The predicted molar refractivity (Wildman–Crippen MR) is 115 cm³/mol. The Hall–Kier alpha value is -4.27. The third-order valence-corrected chi connectivity index (χ3v) is 5.57. The Kier molecular flexibility index (Phi) is 5.33. The van der Waals surface area contributed by atoms with Crippen LogP contribution < -0.4 is 4.74 Å². The van der Waals surface area contributed by atoms with Crippen molar-refractivity contribution in [2.45, 2.75) is 32.5 Å². The second-order valence-electron chi connectivity index (χ2n) is 7.99. The highest BCUT2D eigenvalue weighted by molar-refractivity contribution is 5.90. The van der Waals surface area contributed by atoms with Crippen LogP contribution in [0, 0.1) is 13.8 Å². The Morgan fingerprint density at radius 3 is 2.06 bits per heavy atom. The maximum absolute atomic E-state index is 12.9. The van der Waals surface area contributed by atoms with Crippen LogP contribution in [0.4, 0.5) is 0 Å². The van der Waals surface area contributed by atoms with Crippen LogP contribution in [0.1, 0.15) is 38.7 Å². The molecule has 9 heteroatoms. The van der Waals surface area contributed by atoms with Crippen molar-refractivity contribution < 1.29 is 44.9 Å². The summed E-state index contributed by atoms with van der Waals surface area (Å²) < 4.78 is 11.6. The number of phenolic OH excluding ortho intramolecular Hbond substituents is 6. The molecule has 2 atom stereocenters. The zero-order valence-corrected chi connectivity index (χ0v) is 17.7. The van der Waals surface area contributed by atoms with Crippen LogP contribution in [0.15, 0.2) is 36.4 Å². The van der Waals surface area contributed by atoms with Gasteiger partial charge in [0.05, 0.1) is 5.56 Å². The van der Waals surface area contributed by atoms with Crippen molar-refractivity contribution in [1.29, 1.82) is 0 Å². The first-order chi connectivity index (χ1) is 15.5. The molecule has 9 nitrogen and oxygen atoms in total. The molecule has 3 aromatic carbocycles. The van der Waals surface area contributed by atoms with Crippen molar-refractivity contribution in [1.82, 2.24) is 0 Å². The molecule has 0 bridgehead atoms. The third kappa shape index (κ3) is 4.00. The van der Waals surface area contributed by atoms with Crippen LogP contribution in [0.2, 0.25) is 0 Å². The molecule has 1 aliphatic heterocycles. The van der Waals surface area contributed by atoms with E-state index in [9.17, 15) is 35.4 Å². The van der Waals surface area contributed by atoms with Crippen LogP contribution in [0.5, 0.6) is 40.2 Å². The highest BCUT2D eigenvalue weighted by Gasteiger charge is 2.37. The lowest BCUT2D eigenvalue weighted by molar-refractivity contribution is -0.0189. The molecule has 0 aromatic heterocycles. The minimum atomic E-state index is -1.06. The molecule has 1 heterocycles. The number of carbonyl (C=O) groups excluding carboxylic acids is 1. The fourth-order valence-electron chi connectivity index (χ4n) is 3.90. The molecule has 0 fully saturated rings. The lowest BCUT2D eigenvalue weighted by atomic mass is 9.93. The highest BCUT2D eigenvalue weighted by atomic mass is 16.6. The van der Waals surface area contributed by atoms with Gasteiger partial charge < -0.3 is 40.1 Å². The maximum atomic E-state index is 12.9. The number of hydrogen-bond donors (Lipinski definition) is 6. The van der Waals surface area contributed by atoms with E-state index in [0.717, 1.165) is 18.2 Å². The van der Waals surface area contributed by atoms with Crippen LogP contribution in [0.3, 0.4) is 0 Å². The smallest absolute Gasteiger partial charge is 0.338 e. The number of hydrogen-bond acceptors (Lipinski definition) is 9. The van der Waals surface area contributed by atoms with Crippen molar-refractivity contribution in [2.24, 2.45) is 0 Å². The molecule has 172 valence electrons. The maximum Gasteiger partial charge on any atom is 0.338 e. The van der Waals surface area contributed by atoms with Crippen LogP contribution in [0.25, 0.3) is 0 Å². The summed E-state index contributed by atoms with van der Waals surface area (Å²) in [6, 6.07) is 7.68. The minimum Gasteiger partial charge on any atom is -0.508 e. The largest absolute Gasteiger partial charge is 0.508 e. The van der Waals surface area contributed by atoms with Gasteiger partial charge in [0.15, 0.2) is 23.4 Å². The van der Waals surface area contributed by atoms with Crippen molar-refractivity contribution in [2.75, 3.05) is 0 Å². The van der Waals surface area contributed by atoms with E-state index in [1.807, 2.05) is 0 Å². The van der Waals surface area contributed by atoms with Gasteiger partial charge in [0.25, 0.3) is 0 Å². The summed E-state index contributed by atoms with van der Waals surface area (Å²) in [5.74, 6) is -2.93. The Morgan fingerprint density at radius 1 is 0.848 bits per heavy atom. The van der Waals surface area contributed by atoms with Crippen molar-refractivity contribution in [3.05, 3.63) is 64.2 Å². The third-order valence-electron chi connectivity index (χ3n) is 5.57. The molecular weight excluding hydrogens is 432 g/mol. The number of carbonyl (C=O) groups is 1. The van der Waals surface area contributed by atoms with Gasteiger partial charge in [-0.05, 0) is 49.2 Å². The summed E-state index contributed by atoms with van der Waals surface area (Å²) in [5, 5.41) is 59.7. The number of esters is 1. The Bertz CT molecular complexity index is 1220. The zero-order chi connectivity index (χ0) is 24.0. The number of fused-ring (bicyclic) bond motifs is 1. The molecule has 33 heavy (non-hydrogen) atoms. The summed E-state index contributed by atoms with van der Waals surface area (Å²) in [6.07, 6.45) is -2.08.